The fraction of sp³-hybridized carbons (Fsp3) is 0.455. The van der Waals surface area contributed by atoms with Crippen molar-refractivity contribution in [3.05, 3.63) is 24.0 Å². The molecule has 0 aromatic carbocycles. The zero-order valence-electron chi connectivity index (χ0n) is 9.67. The van der Waals surface area contributed by atoms with Crippen LogP contribution in [-0.4, -0.2) is 33.1 Å². The average molecular weight is 267 g/mol. The maximum Gasteiger partial charge on any atom is 0.258 e. The van der Waals surface area contributed by atoms with Crippen LogP contribution in [0.4, 0.5) is 0 Å². The van der Waals surface area contributed by atoms with Gasteiger partial charge in [0.2, 0.25) is 0 Å². The van der Waals surface area contributed by atoms with E-state index in [1.54, 1.807) is 6.20 Å². The van der Waals surface area contributed by atoms with Crippen LogP contribution in [-0.2, 0) is 20.5 Å². The van der Waals surface area contributed by atoms with E-state index in [-0.39, 0.29) is 5.91 Å². The van der Waals surface area contributed by atoms with Gasteiger partial charge in [0.25, 0.3) is 5.91 Å². The third-order valence-corrected chi connectivity index (χ3v) is 4.23. The molecular weight excluding hydrogens is 254 g/mol. The molecule has 1 unspecified atom stereocenters. The lowest BCUT2D eigenvalue weighted by Gasteiger charge is -2.20. The second-order valence-corrected chi connectivity index (χ2v) is 5.48. The number of carbonyl (C=O) groups is 1. The maximum absolute atomic E-state index is 11.6. The van der Waals surface area contributed by atoms with Crippen molar-refractivity contribution in [2.75, 3.05) is 13.2 Å². The van der Waals surface area contributed by atoms with E-state index >= 15 is 0 Å². The quantitative estimate of drug-likeness (QED) is 0.840. The predicted molar refractivity (Wildman–Crippen MR) is 65.6 cm³/mol. The molecule has 18 heavy (non-hydrogen) atoms. The third kappa shape index (κ3) is 2.11. The molecular formula is C11H13N3O3S. The summed E-state index contributed by atoms with van der Waals surface area (Å²) in [6, 6.07) is 0. The summed E-state index contributed by atoms with van der Waals surface area (Å²) in [5, 5.41) is 4.57. The summed E-state index contributed by atoms with van der Waals surface area (Å²) in [5.41, 5.74) is 1.11. The molecule has 0 radical (unpaired) electrons. The van der Waals surface area contributed by atoms with Gasteiger partial charge >= 0.3 is 0 Å². The summed E-state index contributed by atoms with van der Waals surface area (Å²) in [6.07, 6.45) is 6.89. The van der Waals surface area contributed by atoms with Gasteiger partial charge in [-0.3, -0.25) is 9.52 Å². The van der Waals surface area contributed by atoms with E-state index in [1.807, 2.05) is 6.20 Å². The number of hydrogen-bond acceptors (Lipinski definition) is 4. The summed E-state index contributed by atoms with van der Waals surface area (Å²) in [5.74, 6) is 0.0954. The van der Waals surface area contributed by atoms with E-state index in [4.69, 9.17) is 4.74 Å². The Morgan fingerprint density at radius 2 is 2.22 bits per heavy atom. The Morgan fingerprint density at radius 1 is 1.44 bits per heavy atom. The highest BCUT2D eigenvalue weighted by Crippen LogP contribution is 2.27. The monoisotopic (exact) mass is 267 g/mol. The van der Waals surface area contributed by atoms with E-state index in [2.05, 4.69) is 9.82 Å². The van der Waals surface area contributed by atoms with Crippen molar-refractivity contribution >= 4 is 21.9 Å². The SMILES string of the molecule is O=C1C=C(n2cc(C3CCOCC3)cn2)S(=O)N1. The molecule has 1 amide bonds. The van der Waals surface area contributed by atoms with Gasteiger partial charge < -0.3 is 4.74 Å². The molecule has 2 aliphatic heterocycles. The van der Waals surface area contributed by atoms with Gasteiger partial charge in [-0.25, -0.2) is 8.89 Å². The lowest BCUT2D eigenvalue weighted by molar-refractivity contribution is -0.114. The zero-order valence-corrected chi connectivity index (χ0v) is 10.5. The zero-order chi connectivity index (χ0) is 12.5. The molecule has 7 heteroatoms. The smallest absolute Gasteiger partial charge is 0.258 e. The molecule has 3 rings (SSSR count). The summed E-state index contributed by atoms with van der Waals surface area (Å²) in [6.45, 7) is 1.54. The van der Waals surface area contributed by atoms with Crippen molar-refractivity contribution in [2.24, 2.45) is 0 Å². The molecule has 0 bridgehead atoms. The maximum atomic E-state index is 11.6. The van der Waals surface area contributed by atoms with Gasteiger partial charge in [0, 0.05) is 25.5 Å². The Kier molecular flexibility index (Phi) is 3.00. The van der Waals surface area contributed by atoms with Gasteiger partial charge in [0.15, 0.2) is 16.0 Å². The van der Waals surface area contributed by atoms with Crippen LogP contribution in [0.2, 0.25) is 0 Å². The van der Waals surface area contributed by atoms with Crippen molar-refractivity contribution in [3.8, 4) is 0 Å². The summed E-state index contributed by atoms with van der Waals surface area (Å²) in [4.78, 5) is 11.1. The first-order valence-electron chi connectivity index (χ1n) is 5.81. The summed E-state index contributed by atoms with van der Waals surface area (Å²) in [7, 11) is -1.50. The number of aromatic nitrogens is 2. The van der Waals surface area contributed by atoms with Gasteiger partial charge in [-0.15, -0.1) is 0 Å². The van der Waals surface area contributed by atoms with Crippen molar-refractivity contribution < 1.29 is 13.7 Å². The van der Waals surface area contributed by atoms with E-state index in [9.17, 15) is 9.00 Å². The number of amides is 1. The first kappa shape index (κ1) is 11.6. The molecule has 96 valence electrons. The van der Waals surface area contributed by atoms with Crippen molar-refractivity contribution in [1.82, 2.24) is 14.5 Å². The Morgan fingerprint density at radius 3 is 2.89 bits per heavy atom. The molecule has 2 aliphatic rings. The molecule has 1 aromatic rings. The fourth-order valence-corrected chi connectivity index (χ4v) is 3.02. The van der Waals surface area contributed by atoms with Crippen LogP contribution in [0.25, 0.3) is 5.03 Å². The van der Waals surface area contributed by atoms with E-state index in [0.29, 0.717) is 10.9 Å². The van der Waals surface area contributed by atoms with Crippen LogP contribution in [0.1, 0.15) is 24.3 Å². The summed E-state index contributed by atoms with van der Waals surface area (Å²) >= 11 is 0. The number of hydrogen-bond donors (Lipinski definition) is 1. The Hall–Kier alpha value is -1.47. The first-order chi connectivity index (χ1) is 8.74. The van der Waals surface area contributed by atoms with E-state index < -0.39 is 11.0 Å². The largest absolute Gasteiger partial charge is 0.381 e. The van der Waals surface area contributed by atoms with Crippen LogP contribution < -0.4 is 4.72 Å². The predicted octanol–water partition coefficient (Wildman–Crippen LogP) is 0.369. The van der Waals surface area contributed by atoms with Gasteiger partial charge in [-0.1, -0.05) is 0 Å². The molecule has 3 heterocycles. The van der Waals surface area contributed by atoms with Gasteiger partial charge in [0.05, 0.1) is 6.20 Å². The van der Waals surface area contributed by atoms with Crippen LogP contribution in [0.15, 0.2) is 18.5 Å². The van der Waals surface area contributed by atoms with Crippen molar-refractivity contribution in [1.29, 1.82) is 0 Å². The van der Waals surface area contributed by atoms with Gasteiger partial charge in [-0.05, 0) is 24.3 Å². The molecule has 1 aromatic heterocycles. The van der Waals surface area contributed by atoms with Crippen LogP contribution >= 0.6 is 0 Å². The highest BCUT2D eigenvalue weighted by Gasteiger charge is 2.23. The molecule has 1 fully saturated rings. The topological polar surface area (TPSA) is 73.2 Å². The van der Waals surface area contributed by atoms with E-state index in [1.165, 1.54) is 10.8 Å². The Labute approximate surface area is 107 Å². The third-order valence-electron chi connectivity index (χ3n) is 3.16. The lowest BCUT2D eigenvalue weighted by atomic mass is 9.94. The minimum atomic E-state index is -1.50. The Balaban J connectivity index is 1.83. The van der Waals surface area contributed by atoms with Gasteiger partial charge in [0.1, 0.15) is 0 Å². The summed E-state index contributed by atoms with van der Waals surface area (Å²) < 4.78 is 20.7. The highest BCUT2D eigenvalue weighted by atomic mass is 32.2. The number of rotatable bonds is 2. The van der Waals surface area contributed by atoms with Crippen molar-refractivity contribution in [2.45, 2.75) is 18.8 Å². The second kappa shape index (κ2) is 4.66. The molecule has 0 saturated carbocycles. The van der Waals surface area contributed by atoms with Crippen LogP contribution in [0.3, 0.4) is 0 Å². The van der Waals surface area contributed by atoms with Gasteiger partial charge in [-0.2, -0.15) is 5.10 Å². The average Bonchev–Trinajstić information content (AvgIpc) is 2.97. The second-order valence-electron chi connectivity index (χ2n) is 4.32. The van der Waals surface area contributed by atoms with Crippen LogP contribution in [0.5, 0.6) is 0 Å². The molecule has 0 spiro atoms. The Bertz CT molecular complexity index is 531. The standard InChI is InChI=1S/C11H13N3O3S/c15-10-5-11(18(16)13-10)14-7-9(6-12-14)8-1-3-17-4-2-8/h5-8H,1-4H2,(H,13,15). The molecule has 0 aliphatic carbocycles. The fourth-order valence-electron chi connectivity index (χ4n) is 2.19. The number of nitrogens with one attached hydrogen (secondary N) is 1. The lowest BCUT2D eigenvalue weighted by Crippen LogP contribution is -2.17. The molecule has 1 saturated heterocycles. The number of carbonyl (C=O) groups excluding carboxylic acids is 1. The molecule has 6 nitrogen and oxygen atoms in total. The first-order valence-corrected chi connectivity index (χ1v) is 6.96. The highest BCUT2D eigenvalue weighted by molar-refractivity contribution is 7.93. The van der Waals surface area contributed by atoms with Crippen molar-refractivity contribution in [3.63, 3.8) is 0 Å². The minimum absolute atomic E-state index is 0.341. The van der Waals surface area contributed by atoms with E-state index in [0.717, 1.165) is 31.6 Å². The minimum Gasteiger partial charge on any atom is -0.381 e. The number of ether oxygens (including phenoxy) is 1. The molecule has 1 atom stereocenters. The normalized spacial score (nSPS) is 25.0. The molecule has 1 N–H and O–H groups in total. The number of nitrogens with zero attached hydrogens (tertiary/aromatic N) is 2. The van der Waals surface area contributed by atoms with Crippen LogP contribution in [0, 0.1) is 0 Å².